The highest BCUT2D eigenvalue weighted by Crippen LogP contribution is 2.35. The van der Waals surface area contributed by atoms with Gasteiger partial charge in [0, 0.05) is 42.1 Å². The molecule has 2 amide bonds. The van der Waals surface area contributed by atoms with E-state index in [0.29, 0.717) is 37.2 Å². The molecule has 8 heteroatoms. The molecule has 1 aromatic heterocycles. The average molecular weight is 596 g/mol. The van der Waals surface area contributed by atoms with Crippen LogP contribution in [-0.4, -0.2) is 65.0 Å². The second-order valence-corrected chi connectivity index (χ2v) is 12.5. The SMILES string of the molecule is COc1ccc2cc3n(c2c1)C[C@](C)(C(=O)NCCCN1C[C@@H](C)C[C@H](C)C1)N(Cc1ccccc1Br)C3=O. The van der Waals surface area contributed by atoms with Gasteiger partial charge in [-0.3, -0.25) is 9.59 Å². The van der Waals surface area contributed by atoms with Crippen molar-refractivity contribution in [2.24, 2.45) is 11.8 Å². The highest BCUT2D eigenvalue weighted by Gasteiger charge is 2.47. The molecule has 1 N–H and O–H groups in total. The molecule has 2 aliphatic heterocycles. The van der Waals surface area contributed by atoms with Crippen LogP contribution in [0.2, 0.25) is 0 Å². The van der Waals surface area contributed by atoms with Crippen molar-refractivity contribution in [1.29, 1.82) is 0 Å². The molecule has 7 nitrogen and oxygen atoms in total. The van der Waals surface area contributed by atoms with Gasteiger partial charge in [-0.15, -0.1) is 0 Å². The van der Waals surface area contributed by atoms with Crippen LogP contribution in [0, 0.1) is 11.8 Å². The second kappa shape index (κ2) is 11.3. The van der Waals surface area contributed by atoms with Gasteiger partial charge >= 0.3 is 0 Å². The lowest BCUT2D eigenvalue weighted by Gasteiger charge is -2.44. The van der Waals surface area contributed by atoms with Crippen molar-refractivity contribution >= 4 is 38.6 Å². The molecular formula is C31H39BrN4O3. The molecule has 1 fully saturated rings. The molecule has 2 aromatic carbocycles. The Morgan fingerprint density at radius 2 is 1.87 bits per heavy atom. The predicted molar refractivity (Wildman–Crippen MR) is 158 cm³/mol. The number of carbonyl (C=O) groups excluding carboxylic acids is 2. The first-order valence-electron chi connectivity index (χ1n) is 13.9. The standard InChI is InChI=1S/C31H39BrN4O3/c1-21-14-22(2)18-34(17-21)13-7-12-33-30(38)31(3)20-35-27-16-25(39-4)11-10-23(27)15-28(35)29(37)36(31)19-24-8-5-6-9-26(24)32/h5-6,8-11,15-16,21-22H,7,12-14,17-20H2,1-4H3,(H,33,38)/t21-,22-,31+/m0/s1. The molecule has 5 rings (SSSR count). The minimum Gasteiger partial charge on any atom is -0.497 e. The van der Waals surface area contributed by atoms with Gasteiger partial charge in [0.2, 0.25) is 5.91 Å². The number of aromatic nitrogens is 1. The summed E-state index contributed by atoms with van der Waals surface area (Å²) in [6.45, 7) is 11.0. The molecule has 0 spiro atoms. The third-order valence-electron chi connectivity index (χ3n) is 8.29. The summed E-state index contributed by atoms with van der Waals surface area (Å²) in [7, 11) is 1.63. The molecule has 0 radical (unpaired) electrons. The van der Waals surface area contributed by atoms with Gasteiger partial charge in [-0.1, -0.05) is 48.0 Å². The van der Waals surface area contributed by atoms with E-state index in [4.69, 9.17) is 4.74 Å². The van der Waals surface area contributed by atoms with Crippen molar-refractivity contribution in [2.45, 2.75) is 52.2 Å². The first-order valence-corrected chi connectivity index (χ1v) is 14.7. The van der Waals surface area contributed by atoms with E-state index in [1.165, 1.54) is 6.42 Å². The van der Waals surface area contributed by atoms with Gasteiger partial charge in [0.15, 0.2) is 0 Å². The molecular weight excluding hydrogens is 556 g/mol. The van der Waals surface area contributed by atoms with E-state index in [1.807, 2.05) is 60.0 Å². The van der Waals surface area contributed by atoms with Gasteiger partial charge in [0.25, 0.3) is 5.91 Å². The smallest absolute Gasteiger partial charge is 0.271 e. The Morgan fingerprint density at radius 3 is 2.59 bits per heavy atom. The number of piperidine rings is 1. The van der Waals surface area contributed by atoms with E-state index < -0.39 is 5.54 Å². The Bertz CT molecular complexity index is 1360. The fraction of sp³-hybridized carbons (Fsp3) is 0.484. The molecule has 0 bridgehead atoms. The molecule has 0 aliphatic carbocycles. The largest absolute Gasteiger partial charge is 0.497 e. The molecule has 1 saturated heterocycles. The van der Waals surface area contributed by atoms with Crippen LogP contribution in [0.5, 0.6) is 5.75 Å². The average Bonchev–Trinajstić information content (AvgIpc) is 3.26. The van der Waals surface area contributed by atoms with Crippen LogP contribution in [0.25, 0.3) is 10.9 Å². The van der Waals surface area contributed by atoms with Crippen molar-refractivity contribution in [2.75, 3.05) is 33.3 Å². The lowest BCUT2D eigenvalue weighted by molar-refractivity contribution is -0.133. The van der Waals surface area contributed by atoms with Gasteiger partial charge in [0.05, 0.1) is 19.2 Å². The van der Waals surface area contributed by atoms with Crippen molar-refractivity contribution in [3.05, 3.63) is 64.3 Å². The van der Waals surface area contributed by atoms with Crippen molar-refractivity contribution in [1.82, 2.24) is 19.7 Å². The minimum absolute atomic E-state index is 0.126. The third-order valence-corrected chi connectivity index (χ3v) is 9.07. The van der Waals surface area contributed by atoms with E-state index in [-0.39, 0.29) is 11.8 Å². The Kier molecular flexibility index (Phi) is 8.06. The maximum atomic E-state index is 14.0. The summed E-state index contributed by atoms with van der Waals surface area (Å²) in [5, 5.41) is 4.14. The van der Waals surface area contributed by atoms with Crippen molar-refractivity contribution in [3.8, 4) is 5.75 Å². The van der Waals surface area contributed by atoms with E-state index in [1.54, 1.807) is 12.0 Å². The number of hydrogen-bond donors (Lipinski definition) is 1. The number of ether oxygens (including phenoxy) is 1. The number of likely N-dealkylation sites (tertiary alicyclic amines) is 1. The molecule has 3 heterocycles. The molecule has 0 saturated carbocycles. The van der Waals surface area contributed by atoms with Crippen LogP contribution in [0.15, 0.2) is 53.0 Å². The number of benzene rings is 2. The van der Waals surface area contributed by atoms with E-state index in [9.17, 15) is 9.59 Å². The van der Waals surface area contributed by atoms with Crippen LogP contribution >= 0.6 is 15.9 Å². The van der Waals surface area contributed by atoms with Crippen LogP contribution in [-0.2, 0) is 17.9 Å². The number of fused-ring (bicyclic) bond motifs is 3. The fourth-order valence-electron chi connectivity index (χ4n) is 6.37. The van der Waals surface area contributed by atoms with Gasteiger partial charge in [-0.2, -0.15) is 0 Å². The van der Waals surface area contributed by atoms with Gasteiger partial charge in [0.1, 0.15) is 17.0 Å². The van der Waals surface area contributed by atoms with Crippen LogP contribution in [0.1, 0.15) is 49.7 Å². The lowest BCUT2D eigenvalue weighted by atomic mass is 9.92. The Balaban J connectivity index is 1.39. The van der Waals surface area contributed by atoms with Crippen LogP contribution in [0.3, 0.4) is 0 Å². The van der Waals surface area contributed by atoms with E-state index >= 15 is 0 Å². The molecule has 3 aromatic rings. The molecule has 3 atom stereocenters. The molecule has 208 valence electrons. The maximum Gasteiger partial charge on any atom is 0.271 e. The summed E-state index contributed by atoms with van der Waals surface area (Å²) < 4.78 is 8.35. The summed E-state index contributed by atoms with van der Waals surface area (Å²) in [5.41, 5.74) is 1.38. The highest BCUT2D eigenvalue weighted by molar-refractivity contribution is 9.10. The Hall–Kier alpha value is -2.84. The number of rotatable bonds is 8. The third kappa shape index (κ3) is 5.59. The molecule has 39 heavy (non-hydrogen) atoms. The number of hydrogen-bond acceptors (Lipinski definition) is 4. The monoisotopic (exact) mass is 594 g/mol. The molecule has 0 unspecified atom stereocenters. The number of nitrogens with one attached hydrogen (secondary N) is 1. The predicted octanol–water partition coefficient (Wildman–Crippen LogP) is 5.31. The van der Waals surface area contributed by atoms with E-state index in [0.717, 1.165) is 52.7 Å². The Labute approximate surface area is 239 Å². The summed E-state index contributed by atoms with van der Waals surface area (Å²) in [6, 6.07) is 15.6. The summed E-state index contributed by atoms with van der Waals surface area (Å²) in [4.78, 5) is 32.2. The number of carbonyl (C=O) groups is 2. The van der Waals surface area contributed by atoms with E-state index in [2.05, 4.69) is 40.0 Å². The zero-order valence-corrected chi connectivity index (χ0v) is 25.0. The minimum atomic E-state index is -1.07. The quantitative estimate of drug-likeness (QED) is 0.359. The lowest BCUT2D eigenvalue weighted by Crippen LogP contribution is -2.63. The zero-order chi connectivity index (χ0) is 27.7. The topological polar surface area (TPSA) is 66.8 Å². The number of nitrogens with zero attached hydrogens (tertiary/aromatic N) is 3. The van der Waals surface area contributed by atoms with Crippen LogP contribution in [0.4, 0.5) is 0 Å². The number of amides is 2. The number of methoxy groups -OCH3 is 1. The van der Waals surface area contributed by atoms with Gasteiger partial charge < -0.3 is 24.4 Å². The summed E-state index contributed by atoms with van der Waals surface area (Å²) in [6.07, 6.45) is 2.17. The summed E-state index contributed by atoms with van der Waals surface area (Å²) in [5.74, 6) is 1.87. The normalized spacial score (nSPS) is 23.6. The number of halogens is 1. The first kappa shape index (κ1) is 27.7. The zero-order valence-electron chi connectivity index (χ0n) is 23.4. The first-order chi connectivity index (χ1) is 18.7. The van der Waals surface area contributed by atoms with Crippen LogP contribution < -0.4 is 10.1 Å². The van der Waals surface area contributed by atoms with Gasteiger partial charge in [-0.05, 0) is 68.0 Å². The van der Waals surface area contributed by atoms with Gasteiger partial charge in [-0.25, -0.2) is 0 Å². The van der Waals surface area contributed by atoms with Crippen molar-refractivity contribution in [3.63, 3.8) is 0 Å². The van der Waals surface area contributed by atoms with Crippen molar-refractivity contribution < 1.29 is 14.3 Å². The maximum absolute atomic E-state index is 14.0. The fourth-order valence-corrected chi connectivity index (χ4v) is 6.78. The second-order valence-electron chi connectivity index (χ2n) is 11.6. The molecule has 2 aliphatic rings. The Morgan fingerprint density at radius 1 is 1.13 bits per heavy atom. The summed E-state index contributed by atoms with van der Waals surface area (Å²) >= 11 is 3.63. The highest BCUT2D eigenvalue weighted by atomic mass is 79.9.